The lowest BCUT2D eigenvalue weighted by atomic mass is 10.2. The van der Waals surface area contributed by atoms with Gasteiger partial charge in [0.05, 0.1) is 5.56 Å². The number of carbonyl (C=O) groups excluding carboxylic acids is 1. The van der Waals surface area contributed by atoms with E-state index < -0.39 is 17.3 Å². The van der Waals surface area contributed by atoms with Crippen LogP contribution in [0.4, 0.5) is 13.2 Å². The first-order valence-electron chi connectivity index (χ1n) is 2.57. The van der Waals surface area contributed by atoms with Gasteiger partial charge in [0.1, 0.15) is 0 Å². The standard InChI is InChI=1S/C6H2F3OS/c7-6(8,9)5-3-11-2-4(5)1-10/h2-3H. The van der Waals surface area contributed by atoms with Gasteiger partial charge in [-0.05, 0) is 0 Å². The first-order valence-corrected chi connectivity index (χ1v) is 3.51. The van der Waals surface area contributed by atoms with Crippen molar-refractivity contribution < 1.29 is 18.0 Å². The van der Waals surface area contributed by atoms with Crippen molar-refractivity contribution in [3.63, 3.8) is 0 Å². The van der Waals surface area contributed by atoms with Crippen LogP contribution in [0.5, 0.6) is 0 Å². The predicted molar refractivity (Wildman–Crippen MR) is 34.1 cm³/mol. The van der Waals surface area contributed by atoms with Gasteiger partial charge in [-0.25, -0.2) is 0 Å². The summed E-state index contributed by atoms with van der Waals surface area (Å²) in [6.45, 7) is 0. The van der Waals surface area contributed by atoms with Gasteiger partial charge in [-0.1, -0.05) is 0 Å². The van der Waals surface area contributed by atoms with Crippen molar-refractivity contribution >= 4 is 17.6 Å². The average molecular weight is 179 g/mol. The third kappa shape index (κ3) is 1.59. The Morgan fingerprint density at radius 3 is 2.36 bits per heavy atom. The van der Waals surface area contributed by atoms with Crippen molar-refractivity contribution in [3.05, 3.63) is 21.9 Å². The molecule has 0 saturated heterocycles. The van der Waals surface area contributed by atoms with Crippen LogP contribution in [0, 0.1) is 0 Å². The molecule has 1 heterocycles. The molecular formula is C6H2F3OS. The van der Waals surface area contributed by atoms with Gasteiger partial charge in [-0.3, -0.25) is 4.79 Å². The average Bonchev–Trinajstić information content (AvgIpc) is 2.31. The van der Waals surface area contributed by atoms with Gasteiger partial charge in [0.25, 0.3) is 0 Å². The van der Waals surface area contributed by atoms with Crippen molar-refractivity contribution in [2.24, 2.45) is 0 Å². The monoisotopic (exact) mass is 179 g/mol. The molecule has 1 rings (SSSR count). The lowest BCUT2D eigenvalue weighted by molar-refractivity contribution is -0.137. The van der Waals surface area contributed by atoms with Crippen molar-refractivity contribution in [2.75, 3.05) is 0 Å². The Bertz CT molecular complexity index is 263. The van der Waals surface area contributed by atoms with Gasteiger partial charge in [-0.15, -0.1) is 0 Å². The molecule has 0 bridgehead atoms. The summed E-state index contributed by atoms with van der Waals surface area (Å²) in [4.78, 5) is 9.92. The maximum atomic E-state index is 11.9. The highest BCUT2D eigenvalue weighted by molar-refractivity contribution is 7.08. The Hall–Kier alpha value is -0.840. The van der Waals surface area contributed by atoms with Crippen molar-refractivity contribution in [2.45, 2.75) is 6.18 Å². The van der Waals surface area contributed by atoms with Gasteiger partial charge in [-0.2, -0.15) is 24.5 Å². The molecule has 1 aromatic rings. The largest absolute Gasteiger partial charge is 0.417 e. The first-order chi connectivity index (χ1) is 5.05. The number of halogens is 3. The van der Waals surface area contributed by atoms with Crippen LogP contribution in [0.25, 0.3) is 0 Å². The van der Waals surface area contributed by atoms with Crippen LogP contribution in [-0.2, 0) is 11.0 Å². The highest BCUT2D eigenvalue weighted by atomic mass is 32.1. The smallest absolute Gasteiger partial charge is 0.285 e. The molecular weight excluding hydrogens is 177 g/mol. The molecule has 59 valence electrons. The van der Waals surface area contributed by atoms with Gasteiger partial charge in [0, 0.05) is 16.3 Å². The van der Waals surface area contributed by atoms with E-state index in [1.165, 1.54) is 6.29 Å². The van der Waals surface area contributed by atoms with Crippen LogP contribution >= 0.6 is 11.3 Å². The van der Waals surface area contributed by atoms with Crippen LogP contribution in [-0.4, -0.2) is 6.29 Å². The molecule has 0 fully saturated rings. The zero-order chi connectivity index (χ0) is 8.48. The summed E-state index contributed by atoms with van der Waals surface area (Å²) < 4.78 is 35.7. The molecule has 0 saturated carbocycles. The predicted octanol–water partition coefficient (Wildman–Crippen LogP) is 2.22. The fraction of sp³-hybridized carbons (Fsp3) is 0.167. The summed E-state index contributed by atoms with van der Waals surface area (Å²) in [5, 5.41) is 2.01. The Balaban J connectivity index is 3.12. The molecule has 0 unspecified atom stereocenters. The first kappa shape index (κ1) is 8.26. The van der Waals surface area contributed by atoms with Crippen molar-refractivity contribution in [1.82, 2.24) is 0 Å². The summed E-state index contributed by atoms with van der Waals surface area (Å²) >= 11 is 0.835. The SMILES string of the molecule is O=[C]c1cscc1C(F)(F)F. The van der Waals surface area contributed by atoms with E-state index >= 15 is 0 Å². The molecule has 1 nitrogen and oxygen atoms in total. The zero-order valence-electron chi connectivity index (χ0n) is 5.11. The molecule has 0 atom stereocenters. The molecule has 5 heteroatoms. The molecule has 11 heavy (non-hydrogen) atoms. The molecule has 0 aliphatic heterocycles. The van der Waals surface area contributed by atoms with E-state index in [-0.39, 0.29) is 0 Å². The minimum absolute atomic E-state index is 0.414. The Morgan fingerprint density at radius 1 is 1.36 bits per heavy atom. The Morgan fingerprint density at radius 2 is 2.00 bits per heavy atom. The van der Waals surface area contributed by atoms with Crippen LogP contribution in [0.2, 0.25) is 0 Å². The van der Waals surface area contributed by atoms with Crippen LogP contribution in [0.15, 0.2) is 10.8 Å². The molecule has 1 aromatic heterocycles. The van der Waals surface area contributed by atoms with Crippen LogP contribution in [0.3, 0.4) is 0 Å². The number of thiophene rings is 1. The number of hydrogen-bond acceptors (Lipinski definition) is 2. The molecule has 0 aliphatic carbocycles. The third-order valence-corrected chi connectivity index (χ3v) is 1.82. The van der Waals surface area contributed by atoms with Crippen LogP contribution in [0.1, 0.15) is 11.1 Å². The second-order valence-corrected chi connectivity index (χ2v) is 2.54. The van der Waals surface area contributed by atoms with Gasteiger partial charge in [0.15, 0.2) is 0 Å². The summed E-state index contributed by atoms with van der Waals surface area (Å²) in [5.41, 5.74) is -1.32. The number of rotatable bonds is 1. The summed E-state index contributed by atoms with van der Waals surface area (Å²) in [6, 6.07) is 0. The lowest BCUT2D eigenvalue weighted by Gasteiger charge is -2.02. The van der Waals surface area contributed by atoms with E-state index in [0.717, 1.165) is 22.1 Å². The van der Waals surface area contributed by atoms with E-state index in [1.807, 2.05) is 0 Å². The fourth-order valence-corrected chi connectivity index (χ4v) is 1.37. The highest BCUT2D eigenvalue weighted by Crippen LogP contribution is 2.33. The normalized spacial score (nSPS) is 11.5. The van der Waals surface area contributed by atoms with Crippen molar-refractivity contribution in [1.29, 1.82) is 0 Å². The summed E-state index contributed by atoms with van der Waals surface area (Å²) in [7, 11) is 0. The quantitative estimate of drug-likeness (QED) is 0.646. The topological polar surface area (TPSA) is 17.1 Å². The van der Waals surface area contributed by atoms with Gasteiger partial charge in [0.2, 0.25) is 6.29 Å². The zero-order valence-corrected chi connectivity index (χ0v) is 5.92. The molecule has 0 aromatic carbocycles. The van der Waals surface area contributed by atoms with E-state index in [9.17, 15) is 18.0 Å². The highest BCUT2D eigenvalue weighted by Gasteiger charge is 2.33. The lowest BCUT2D eigenvalue weighted by Crippen LogP contribution is -2.05. The van der Waals surface area contributed by atoms with E-state index in [2.05, 4.69) is 0 Å². The minimum Gasteiger partial charge on any atom is -0.285 e. The van der Waals surface area contributed by atoms with Gasteiger partial charge < -0.3 is 0 Å². The van der Waals surface area contributed by atoms with E-state index in [1.54, 1.807) is 0 Å². The van der Waals surface area contributed by atoms with Crippen molar-refractivity contribution in [3.8, 4) is 0 Å². The molecule has 0 aliphatic rings. The second kappa shape index (κ2) is 2.65. The summed E-state index contributed by atoms with van der Waals surface area (Å²) in [5.74, 6) is 0. The second-order valence-electron chi connectivity index (χ2n) is 1.80. The third-order valence-electron chi connectivity index (χ3n) is 1.08. The molecule has 0 amide bonds. The summed E-state index contributed by atoms with van der Waals surface area (Å²) in [6.07, 6.45) is -3.22. The van der Waals surface area contributed by atoms with Gasteiger partial charge >= 0.3 is 6.18 Å². The molecule has 0 spiro atoms. The molecule has 1 radical (unpaired) electrons. The Labute approximate surface area is 64.5 Å². The maximum Gasteiger partial charge on any atom is 0.417 e. The molecule has 0 N–H and O–H groups in total. The number of alkyl halides is 3. The fourth-order valence-electron chi connectivity index (χ4n) is 0.596. The number of hydrogen-bond donors (Lipinski definition) is 0. The van der Waals surface area contributed by atoms with Crippen LogP contribution < -0.4 is 0 Å². The van der Waals surface area contributed by atoms with E-state index in [4.69, 9.17) is 0 Å². The van der Waals surface area contributed by atoms with E-state index in [0.29, 0.717) is 0 Å². The minimum atomic E-state index is -4.44. The maximum absolute atomic E-state index is 11.9. The Kier molecular flexibility index (Phi) is 1.99.